The zero-order chi connectivity index (χ0) is 14.1. The van der Waals surface area contributed by atoms with Crippen molar-refractivity contribution in [2.24, 2.45) is 5.92 Å². The number of pyridine rings is 1. The summed E-state index contributed by atoms with van der Waals surface area (Å²) in [6.07, 6.45) is 3.40. The zero-order valence-corrected chi connectivity index (χ0v) is 12.3. The van der Waals surface area contributed by atoms with E-state index in [9.17, 15) is 0 Å². The van der Waals surface area contributed by atoms with Crippen molar-refractivity contribution in [3.63, 3.8) is 0 Å². The number of rotatable bonds is 2. The van der Waals surface area contributed by atoms with E-state index in [1.807, 2.05) is 6.07 Å². The Bertz CT molecular complexity index is 598. The molecule has 0 aliphatic carbocycles. The summed E-state index contributed by atoms with van der Waals surface area (Å²) >= 11 is 0. The van der Waals surface area contributed by atoms with Gasteiger partial charge in [0.05, 0.1) is 0 Å². The van der Waals surface area contributed by atoms with Gasteiger partial charge in [-0.3, -0.25) is 4.98 Å². The van der Waals surface area contributed by atoms with Crippen molar-refractivity contribution in [2.75, 3.05) is 31.6 Å². The van der Waals surface area contributed by atoms with Crippen LogP contribution in [0.4, 0.5) is 5.82 Å². The van der Waals surface area contributed by atoms with Crippen molar-refractivity contribution in [1.29, 1.82) is 0 Å². The summed E-state index contributed by atoms with van der Waals surface area (Å²) < 4.78 is 0. The number of hydrogen-bond acceptors (Lipinski definition) is 5. The van der Waals surface area contributed by atoms with Crippen molar-refractivity contribution in [1.82, 2.24) is 19.9 Å². The number of nitrogens with zero attached hydrogens (tertiary/aromatic N) is 5. The van der Waals surface area contributed by atoms with Crippen LogP contribution in [0.2, 0.25) is 0 Å². The van der Waals surface area contributed by atoms with Gasteiger partial charge in [-0.1, -0.05) is 13.8 Å². The van der Waals surface area contributed by atoms with Gasteiger partial charge in [0.15, 0.2) is 5.65 Å². The molecule has 0 radical (unpaired) electrons. The Morgan fingerprint density at radius 3 is 2.75 bits per heavy atom. The van der Waals surface area contributed by atoms with Crippen molar-refractivity contribution >= 4 is 17.0 Å². The highest BCUT2D eigenvalue weighted by molar-refractivity contribution is 5.71. The van der Waals surface area contributed by atoms with Crippen molar-refractivity contribution in [3.05, 3.63) is 24.5 Å². The van der Waals surface area contributed by atoms with E-state index in [0.717, 1.165) is 36.6 Å². The molecular weight excluding hydrogens is 250 g/mol. The molecule has 0 N–H and O–H groups in total. The molecular formula is C15H21N5. The largest absolute Gasteiger partial charge is 0.351 e. The summed E-state index contributed by atoms with van der Waals surface area (Å²) in [5.41, 5.74) is 1.58. The number of fused-ring (bicyclic) bond motifs is 1. The minimum Gasteiger partial charge on any atom is -0.351 e. The third-order valence-corrected chi connectivity index (χ3v) is 4.00. The number of aromatic nitrogens is 3. The van der Waals surface area contributed by atoms with Crippen molar-refractivity contribution < 1.29 is 0 Å². The third-order valence-electron chi connectivity index (χ3n) is 4.00. The lowest BCUT2D eigenvalue weighted by Crippen LogP contribution is -2.54. The van der Waals surface area contributed by atoms with E-state index in [1.54, 1.807) is 12.4 Å². The van der Waals surface area contributed by atoms with E-state index >= 15 is 0 Å². The van der Waals surface area contributed by atoms with Crippen LogP contribution in [0.15, 0.2) is 24.5 Å². The molecule has 1 fully saturated rings. The highest BCUT2D eigenvalue weighted by Gasteiger charge is 2.28. The fraction of sp³-hybridized carbons (Fsp3) is 0.533. The van der Waals surface area contributed by atoms with Crippen molar-refractivity contribution in [3.8, 4) is 0 Å². The molecule has 2 aromatic heterocycles. The Morgan fingerprint density at radius 1 is 1.15 bits per heavy atom. The van der Waals surface area contributed by atoms with E-state index in [0.29, 0.717) is 12.0 Å². The van der Waals surface area contributed by atoms with Gasteiger partial charge in [-0.2, -0.15) is 0 Å². The fourth-order valence-electron chi connectivity index (χ4n) is 2.81. The standard InChI is InChI=1S/C15H21N5/c1-11(2)13-10-19(3)8-9-20(13)14-5-4-12-15(18-14)17-7-6-16-12/h4-7,11,13H,8-10H2,1-3H3. The first kappa shape index (κ1) is 13.2. The molecule has 3 rings (SSSR count). The molecule has 0 bridgehead atoms. The summed E-state index contributed by atoms with van der Waals surface area (Å²) in [5.74, 6) is 1.61. The molecule has 0 amide bonds. The average molecular weight is 271 g/mol. The number of piperazine rings is 1. The minimum absolute atomic E-state index is 0.496. The second kappa shape index (κ2) is 5.32. The Balaban J connectivity index is 1.95. The van der Waals surface area contributed by atoms with Gasteiger partial charge >= 0.3 is 0 Å². The quantitative estimate of drug-likeness (QED) is 0.833. The predicted molar refractivity (Wildman–Crippen MR) is 80.8 cm³/mol. The van der Waals surface area contributed by atoms with E-state index in [1.165, 1.54) is 0 Å². The molecule has 20 heavy (non-hydrogen) atoms. The summed E-state index contributed by atoms with van der Waals surface area (Å²) in [4.78, 5) is 18.1. The molecule has 2 aromatic rings. The molecule has 1 unspecified atom stereocenters. The van der Waals surface area contributed by atoms with Gasteiger partial charge in [0.25, 0.3) is 0 Å². The first-order chi connectivity index (χ1) is 9.65. The molecule has 1 aliphatic heterocycles. The fourth-order valence-corrected chi connectivity index (χ4v) is 2.81. The summed E-state index contributed by atoms with van der Waals surface area (Å²) in [6.45, 7) is 7.72. The van der Waals surface area contributed by atoms with Crippen LogP contribution in [-0.2, 0) is 0 Å². The van der Waals surface area contributed by atoms with Gasteiger partial charge in [-0.15, -0.1) is 0 Å². The number of hydrogen-bond donors (Lipinski definition) is 0. The first-order valence-corrected chi connectivity index (χ1v) is 7.18. The van der Waals surface area contributed by atoms with E-state index < -0.39 is 0 Å². The highest BCUT2D eigenvalue weighted by atomic mass is 15.3. The average Bonchev–Trinajstić information content (AvgIpc) is 2.46. The van der Waals surface area contributed by atoms with E-state index in [-0.39, 0.29) is 0 Å². The molecule has 0 aromatic carbocycles. The molecule has 1 aliphatic rings. The molecule has 5 heteroatoms. The molecule has 0 saturated carbocycles. The van der Waals surface area contributed by atoms with Gasteiger partial charge in [0.1, 0.15) is 11.3 Å². The van der Waals surface area contributed by atoms with Gasteiger partial charge in [-0.05, 0) is 25.1 Å². The Labute approximate surface area is 119 Å². The number of anilines is 1. The lowest BCUT2D eigenvalue weighted by Gasteiger charge is -2.42. The smallest absolute Gasteiger partial charge is 0.180 e. The molecule has 106 valence electrons. The zero-order valence-electron chi connectivity index (χ0n) is 12.3. The second-order valence-electron chi connectivity index (χ2n) is 5.84. The predicted octanol–water partition coefficient (Wildman–Crippen LogP) is 1.80. The lowest BCUT2D eigenvalue weighted by molar-refractivity contribution is 0.236. The maximum Gasteiger partial charge on any atom is 0.180 e. The van der Waals surface area contributed by atoms with Crippen LogP contribution >= 0.6 is 0 Å². The van der Waals surface area contributed by atoms with Crippen LogP contribution < -0.4 is 4.90 Å². The SMILES string of the molecule is CC(C)C1CN(C)CCN1c1ccc2nccnc2n1. The topological polar surface area (TPSA) is 45.2 Å². The highest BCUT2D eigenvalue weighted by Crippen LogP contribution is 2.23. The maximum absolute atomic E-state index is 4.69. The summed E-state index contributed by atoms with van der Waals surface area (Å²) in [6, 6.07) is 4.58. The normalized spacial score (nSPS) is 20.8. The van der Waals surface area contributed by atoms with Crippen LogP contribution in [0, 0.1) is 5.92 Å². The first-order valence-electron chi connectivity index (χ1n) is 7.18. The minimum atomic E-state index is 0.496. The third kappa shape index (κ3) is 2.45. The van der Waals surface area contributed by atoms with E-state index in [4.69, 9.17) is 4.98 Å². The van der Waals surface area contributed by atoms with E-state index in [2.05, 4.69) is 46.7 Å². The molecule has 3 heterocycles. The number of likely N-dealkylation sites (N-methyl/N-ethyl adjacent to an activating group) is 1. The molecule has 5 nitrogen and oxygen atoms in total. The van der Waals surface area contributed by atoms with Crippen LogP contribution in [0.5, 0.6) is 0 Å². The summed E-state index contributed by atoms with van der Waals surface area (Å²) in [5, 5.41) is 0. The Kier molecular flexibility index (Phi) is 3.53. The van der Waals surface area contributed by atoms with Gasteiger partial charge in [0, 0.05) is 38.1 Å². The van der Waals surface area contributed by atoms with Crippen LogP contribution in [0.1, 0.15) is 13.8 Å². The maximum atomic E-state index is 4.69. The summed E-state index contributed by atoms with van der Waals surface area (Å²) in [7, 11) is 2.19. The van der Waals surface area contributed by atoms with Gasteiger partial charge < -0.3 is 9.80 Å². The molecule has 1 saturated heterocycles. The second-order valence-corrected chi connectivity index (χ2v) is 5.84. The Hall–Kier alpha value is -1.75. The van der Waals surface area contributed by atoms with Crippen LogP contribution in [0.25, 0.3) is 11.2 Å². The van der Waals surface area contributed by atoms with Gasteiger partial charge in [0.2, 0.25) is 0 Å². The Morgan fingerprint density at radius 2 is 1.95 bits per heavy atom. The van der Waals surface area contributed by atoms with Crippen molar-refractivity contribution in [2.45, 2.75) is 19.9 Å². The van der Waals surface area contributed by atoms with Crippen LogP contribution in [-0.4, -0.2) is 52.6 Å². The lowest BCUT2D eigenvalue weighted by atomic mass is 10.00. The molecule has 1 atom stereocenters. The van der Waals surface area contributed by atoms with Gasteiger partial charge in [-0.25, -0.2) is 9.97 Å². The van der Waals surface area contributed by atoms with Crippen LogP contribution in [0.3, 0.4) is 0 Å². The molecule has 0 spiro atoms. The monoisotopic (exact) mass is 271 g/mol.